The van der Waals surface area contributed by atoms with Gasteiger partial charge in [0.05, 0.1) is 17.7 Å². The van der Waals surface area contributed by atoms with Gasteiger partial charge < -0.3 is 10.1 Å². The molecule has 1 unspecified atom stereocenters. The maximum atomic E-state index is 12.8. The smallest absolute Gasteiger partial charge is 0.416 e. The van der Waals surface area contributed by atoms with Crippen molar-refractivity contribution in [2.75, 3.05) is 11.9 Å². The summed E-state index contributed by atoms with van der Waals surface area (Å²) >= 11 is 0. The van der Waals surface area contributed by atoms with Gasteiger partial charge >= 0.3 is 6.18 Å². The Hall–Kier alpha value is -3.29. The summed E-state index contributed by atoms with van der Waals surface area (Å²) in [6.07, 6.45) is -2.01. The van der Waals surface area contributed by atoms with Crippen molar-refractivity contribution < 1.29 is 22.7 Å². The Balaban J connectivity index is 1.74. The van der Waals surface area contributed by atoms with E-state index in [9.17, 15) is 18.0 Å². The molecule has 0 bridgehead atoms. The number of aromatic nitrogens is 2. The predicted molar refractivity (Wildman–Crippen MR) is 108 cm³/mol. The Morgan fingerprint density at radius 3 is 2.60 bits per heavy atom. The third kappa shape index (κ3) is 5.20. The number of halogens is 3. The number of hydrogen-bond acceptors (Lipinski definition) is 3. The number of aromatic amines is 1. The number of rotatable bonds is 7. The van der Waals surface area contributed by atoms with Crippen molar-refractivity contribution in [2.24, 2.45) is 5.92 Å². The molecular weight excluding hydrogens is 395 g/mol. The van der Waals surface area contributed by atoms with Gasteiger partial charge in [0.15, 0.2) is 0 Å². The number of benzene rings is 2. The van der Waals surface area contributed by atoms with Crippen molar-refractivity contribution in [1.29, 1.82) is 0 Å². The van der Waals surface area contributed by atoms with E-state index in [1.807, 2.05) is 6.07 Å². The van der Waals surface area contributed by atoms with Crippen LogP contribution in [0.15, 0.2) is 54.7 Å². The van der Waals surface area contributed by atoms with Gasteiger partial charge in [0, 0.05) is 23.5 Å². The molecule has 5 nitrogen and oxygen atoms in total. The Labute approximate surface area is 172 Å². The molecule has 0 aliphatic carbocycles. The van der Waals surface area contributed by atoms with Gasteiger partial charge in [-0.3, -0.25) is 9.89 Å². The van der Waals surface area contributed by atoms with Crippen molar-refractivity contribution >= 4 is 11.6 Å². The molecule has 1 atom stereocenters. The third-order valence-corrected chi connectivity index (χ3v) is 4.69. The van der Waals surface area contributed by atoms with Gasteiger partial charge in [-0.15, -0.1) is 0 Å². The molecule has 8 heteroatoms. The summed E-state index contributed by atoms with van der Waals surface area (Å²) < 4.78 is 44.0. The third-order valence-electron chi connectivity index (χ3n) is 4.69. The van der Waals surface area contributed by atoms with Crippen molar-refractivity contribution in [2.45, 2.75) is 26.4 Å². The Bertz CT molecular complexity index is 997. The molecule has 0 spiro atoms. The first-order chi connectivity index (χ1) is 14.3. The van der Waals surface area contributed by atoms with E-state index >= 15 is 0 Å². The quantitative estimate of drug-likeness (QED) is 0.513. The van der Waals surface area contributed by atoms with E-state index in [4.69, 9.17) is 4.74 Å². The molecule has 0 aliphatic rings. The van der Waals surface area contributed by atoms with Gasteiger partial charge in [-0.25, -0.2) is 0 Å². The molecule has 158 valence electrons. The van der Waals surface area contributed by atoms with Crippen LogP contribution in [0.1, 0.15) is 36.2 Å². The van der Waals surface area contributed by atoms with E-state index in [0.29, 0.717) is 29.5 Å². The lowest BCUT2D eigenvalue weighted by Crippen LogP contribution is -2.13. The van der Waals surface area contributed by atoms with Crippen LogP contribution in [0.2, 0.25) is 0 Å². The number of H-pyrrole nitrogens is 1. The Morgan fingerprint density at radius 2 is 1.93 bits per heavy atom. The van der Waals surface area contributed by atoms with Gasteiger partial charge in [-0.1, -0.05) is 38.5 Å². The number of anilines is 1. The zero-order valence-corrected chi connectivity index (χ0v) is 16.6. The van der Waals surface area contributed by atoms with Crippen molar-refractivity contribution in [3.63, 3.8) is 0 Å². The number of hydrogen-bond donors (Lipinski definition) is 2. The van der Waals surface area contributed by atoms with Gasteiger partial charge in [-0.05, 0) is 30.2 Å². The summed E-state index contributed by atoms with van der Waals surface area (Å²) in [4.78, 5) is 12.7. The zero-order chi connectivity index (χ0) is 21.7. The van der Waals surface area contributed by atoms with Crippen LogP contribution in [-0.4, -0.2) is 22.7 Å². The normalized spacial score (nSPS) is 12.4. The van der Waals surface area contributed by atoms with Crippen LogP contribution in [0.4, 0.5) is 18.9 Å². The van der Waals surface area contributed by atoms with Crippen LogP contribution < -0.4 is 10.1 Å². The molecule has 1 aromatic heterocycles. The van der Waals surface area contributed by atoms with E-state index in [2.05, 4.69) is 29.4 Å². The first kappa shape index (κ1) is 21.4. The molecule has 0 radical (unpaired) electrons. The highest BCUT2D eigenvalue weighted by Crippen LogP contribution is 2.31. The fourth-order valence-corrected chi connectivity index (χ4v) is 2.72. The van der Waals surface area contributed by atoms with E-state index < -0.39 is 17.6 Å². The number of nitrogens with one attached hydrogen (secondary N) is 2. The van der Waals surface area contributed by atoms with Gasteiger partial charge in [0.2, 0.25) is 0 Å². The second-order valence-electron chi connectivity index (χ2n) is 7.03. The molecule has 2 aromatic carbocycles. The standard InChI is InChI=1S/C22H22F3N3O2/c1-3-14(2)13-30-18-6-4-5-17(11-18)27-21(29)19-12-26-28-20(19)15-7-9-16(10-8-15)22(23,24)25/h4-12,14H,3,13H2,1-2H3,(H,26,28)(H,27,29). The number of carbonyl (C=O) groups excluding carboxylic acids is 1. The van der Waals surface area contributed by atoms with Crippen LogP contribution >= 0.6 is 0 Å². The van der Waals surface area contributed by atoms with Crippen LogP contribution in [0, 0.1) is 5.92 Å². The average molecular weight is 417 g/mol. The van der Waals surface area contributed by atoms with Gasteiger partial charge in [-0.2, -0.15) is 18.3 Å². The molecule has 0 saturated carbocycles. The average Bonchev–Trinajstić information content (AvgIpc) is 3.22. The maximum Gasteiger partial charge on any atom is 0.416 e. The number of nitrogens with zero attached hydrogens (tertiary/aromatic N) is 1. The Kier molecular flexibility index (Phi) is 6.44. The summed E-state index contributed by atoms with van der Waals surface area (Å²) in [7, 11) is 0. The van der Waals surface area contributed by atoms with Gasteiger partial charge in [0.25, 0.3) is 5.91 Å². The summed E-state index contributed by atoms with van der Waals surface area (Å²) in [6.45, 7) is 4.75. The topological polar surface area (TPSA) is 67.0 Å². The summed E-state index contributed by atoms with van der Waals surface area (Å²) in [5.41, 5.74) is 0.675. The number of carbonyl (C=O) groups is 1. The highest BCUT2D eigenvalue weighted by Gasteiger charge is 2.30. The first-order valence-electron chi connectivity index (χ1n) is 9.53. The van der Waals surface area contributed by atoms with Crippen LogP contribution in [0.5, 0.6) is 5.75 Å². The van der Waals surface area contributed by atoms with Crippen molar-refractivity contribution in [3.8, 4) is 17.0 Å². The fourth-order valence-electron chi connectivity index (χ4n) is 2.72. The minimum atomic E-state index is -4.42. The molecule has 0 saturated heterocycles. The van der Waals surface area contributed by atoms with Crippen molar-refractivity contribution in [1.82, 2.24) is 10.2 Å². The van der Waals surface area contributed by atoms with Crippen LogP contribution in [0.3, 0.4) is 0 Å². The molecule has 3 aromatic rings. The first-order valence-corrected chi connectivity index (χ1v) is 9.53. The summed E-state index contributed by atoms with van der Waals surface area (Å²) in [5, 5.41) is 9.40. The minimum Gasteiger partial charge on any atom is -0.493 e. The lowest BCUT2D eigenvalue weighted by molar-refractivity contribution is -0.137. The fraction of sp³-hybridized carbons (Fsp3) is 0.273. The van der Waals surface area contributed by atoms with E-state index in [1.54, 1.807) is 18.2 Å². The maximum absolute atomic E-state index is 12.8. The molecule has 0 aliphatic heterocycles. The Morgan fingerprint density at radius 1 is 1.20 bits per heavy atom. The van der Waals surface area contributed by atoms with Crippen LogP contribution in [-0.2, 0) is 6.18 Å². The lowest BCUT2D eigenvalue weighted by Gasteiger charge is -2.12. The molecule has 1 amide bonds. The second-order valence-corrected chi connectivity index (χ2v) is 7.03. The highest BCUT2D eigenvalue weighted by atomic mass is 19.4. The van der Waals surface area contributed by atoms with Crippen molar-refractivity contribution in [3.05, 3.63) is 65.9 Å². The minimum absolute atomic E-state index is 0.223. The summed E-state index contributed by atoms with van der Waals surface area (Å²) in [5.74, 6) is 0.626. The van der Waals surface area contributed by atoms with E-state index in [0.717, 1.165) is 18.6 Å². The monoisotopic (exact) mass is 417 g/mol. The second kappa shape index (κ2) is 9.02. The molecule has 30 heavy (non-hydrogen) atoms. The molecule has 3 rings (SSSR count). The zero-order valence-electron chi connectivity index (χ0n) is 16.6. The number of alkyl halides is 3. The molecule has 0 fully saturated rings. The number of ether oxygens (including phenoxy) is 1. The molecule has 2 N–H and O–H groups in total. The largest absolute Gasteiger partial charge is 0.493 e. The predicted octanol–water partition coefficient (Wildman–Crippen LogP) is 5.77. The highest BCUT2D eigenvalue weighted by molar-refractivity contribution is 6.08. The summed E-state index contributed by atoms with van der Waals surface area (Å²) in [6, 6.07) is 11.5. The van der Waals surface area contributed by atoms with Crippen LogP contribution in [0.25, 0.3) is 11.3 Å². The van der Waals surface area contributed by atoms with Gasteiger partial charge in [0.1, 0.15) is 11.4 Å². The van der Waals surface area contributed by atoms with E-state index in [-0.39, 0.29) is 11.3 Å². The number of amides is 1. The SMILES string of the molecule is CCC(C)COc1cccc(NC(=O)c2c[nH]nc2-c2ccc(C(F)(F)F)cc2)c1. The lowest BCUT2D eigenvalue weighted by atomic mass is 10.1. The van der Waals surface area contributed by atoms with E-state index in [1.165, 1.54) is 18.3 Å². The molecule has 1 heterocycles. The molecular formula is C22H22F3N3O2.